The summed E-state index contributed by atoms with van der Waals surface area (Å²) in [6.07, 6.45) is 2.27. The lowest BCUT2D eigenvalue weighted by atomic mass is 9.84. The van der Waals surface area contributed by atoms with Crippen LogP contribution in [0, 0.1) is 5.41 Å². The second-order valence-electron chi connectivity index (χ2n) is 5.66. The van der Waals surface area contributed by atoms with Crippen LogP contribution >= 0.6 is 28.6 Å². The van der Waals surface area contributed by atoms with E-state index in [2.05, 4.69) is 42.4 Å². The highest BCUT2D eigenvalue weighted by Crippen LogP contribution is 2.30. The lowest BCUT2D eigenvalue weighted by molar-refractivity contribution is 0.0582. The van der Waals surface area contributed by atoms with Gasteiger partial charge in [-0.1, -0.05) is 13.8 Å². The Morgan fingerprint density at radius 2 is 2.17 bits per heavy atom. The third-order valence-electron chi connectivity index (χ3n) is 3.37. The van der Waals surface area contributed by atoms with Crippen LogP contribution in [0.2, 0.25) is 0 Å². The van der Waals surface area contributed by atoms with Crippen molar-refractivity contribution in [1.82, 2.24) is 4.90 Å². The van der Waals surface area contributed by atoms with Crippen LogP contribution < -0.4 is 0 Å². The van der Waals surface area contributed by atoms with Gasteiger partial charge < -0.3 is 4.90 Å². The number of hydrogen-bond donors (Lipinski definition) is 1. The average molecular weight is 328 g/mol. The molecule has 0 unspecified atom stereocenters. The summed E-state index contributed by atoms with van der Waals surface area (Å²) >= 11 is 7.75. The van der Waals surface area contributed by atoms with Gasteiger partial charge in [0, 0.05) is 22.5 Å². The number of halogens is 1. The molecule has 1 fully saturated rings. The van der Waals surface area contributed by atoms with Gasteiger partial charge in [-0.3, -0.25) is 4.79 Å². The van der Waals surface area contributed by atoms with Crippen LogP contribution in [0.3, 0.4) is 0 Å². The molecule has 0 saturated carbocycles. The second-order valence-corrected chi connectivity index (χ2v) is 7.03. The topological polar surface area (TPSA) is 20.3 Å². The monoisotopic (exact) mass is 327 g/mol. The number of hydrogen-bond acceptors (Lipinski definition) is 2. The van der Waals surface area contributed by atoms with E-state index in [4.69, 9.17) is 0 Å². The van der Waals surface area contributed by atoms with Crippen molar-refractivity contribution in [3.63, 3.8) is 0 Å². The summed E-state index contributed by atoms with van der Waals surface area (Å²) in [5, 5.41) is 0. The molecule has 1 aromatic rings. The van der Waals surface area contributed by atoms with Gasteiger partial charge in [-0.05, 0) is 52.4 Å². The molecular formula is C14H18BrNOS. The highest BCUT2D eigenvalue weighted by atomic mass is 79.9. The van der Waals surface area contributed by atoms with Gasteiger partial charge in [0.15, 0.2) is 0 Å². The number of rotatable bonds is 1. The van der Waals surface area contributed by atoms with Crippen molar-refractivity contribution in [3.8, 4) is 0 Å². The van der Waals surface area contributed by atoms with Gasteiger partial charge in [-0.25, -0.2) is 0 Å². The summed E-state index contributed by atoms with van der Waals surface area (Å²) in [5.41, 5.74) is 0.930. The minimum absolute atomic E-state index is 0.102. The Kier molecular flexibility index (Phi) is 4.07. The van der Waals surface area contributed by atoms with Crippen molar-refractivity contribution < 1.29 is 4.79 Å². The molecule has 0 bridgehead atoms. The maximum atomic E-state index is 12.5. The first-order valence-electron chi connectivity index (χ1n) is 6.17. The Morgan fingerprint density at radius 1 is 1.44 bits per heavy atom. The van der Waals surface area contributed by atoms with Crippen LogP contribution in [0.1, 0.15) is 37.0 Å². The standard InChI is InChI=1S/C14H18BrNOS/c1-14(2)6-3-7-16(9-14)13(17)11-8-10(18)4-5-12(11)15/h4-5,8,18H,3,6-7,9H2,1-2H3. The van der Waals surface area contributed by atoms with Gasteiger partial charge in [0.25, 0.3) is 5.91 Å². The molecule has 1 aliphatic heterocycles. The van der Waals surface area contributed by atoms with Crippen LogP contribution in [-0.2, 0) is 0 Å². The quantitative estimate of drug-likeness (QED) is 0.773. The number of likely N-dealkylation sites (tertiary alicyclic amines) is 1. The molecule has 0 N–H and O–H groups in total. The molecule has 1 saturated heterocycles. The highest BCUT2D eigenvalue weighted by molar-refractivity contribution is 9.10. The molecule has 0 aromatic heterocycles. The Labute approximate surface area is 122 Å². The molecule has 4 heteroatoms. The van der Waals surface area contributed by atoms with E-state index in [0.29, 0.717) is 5.56 Å². The number of amides is 1. The SMILES string of the molecule is CC1(C)CCCN(C(=O)c2cc(S)ccc2Br)C1. The molecule has 0 atom stereocenters. The van der Waals surface area contributed by atoms with E-state index in [-0.39, 0.29) is 11.3 Å². The lowest BCUT2D eigenvalue weighted by Gasteiger charge is -2.38. The first kappa shape index (κ1) is 13.9. The normalized spacial score (nSPS) is 18.8. The van der Waals surface area contributed by atoms with Gasteiger partial charge in [-0.15, -0.1) is 12.6 Å². The van der Waals surface area contributed by atoms with Crippen LogP contribution in [0.15, 0.2) is 27.6 Å². The third kappa shape index (κ3) is 3.09. The fourth-order valence-corrected chi connectivity index (χ4v) is 3.06. The molecule has 18 heavy (non-hydrogen) atoms. The van der Waals surface area contributed by atoms with E-state index < -0.39 is 0 Å². The average Bonchev–Trinajstić information content (AvgIpc) is 2.30. The molecule has 1 aromatic carbocycles. The molecule has 1 aliphatic rings. The van der Waals surface area contributed by atoms with E-state index in [1.165, 1.54) is 6.42 Å². The van der Waals surface area contributed by atoms with Gasteiger partial charge in [0.1, 0.15) is 0 Å². The Morgan fingerprint density at radius 3 is 2.83 bits per heavy atom. The Balaban J connectivity index is 2.23. The smallest absolute Gasteiger partial charge is 0.255 e. The molecule has 1 heterocycles. The number of piperidine rings is 1. The zero-order valence-corrected chi connectivity index (χ0v) is 13.2. The van der Waals surface area contributed by atoms with E-state index >= 15 is 0 Å². The molecule has 0 spiro atoms. The maximum absolute atomic E-state index is 12.5. The van der Waals surface area contributed by atoms with Crippen LogP contribution in [0.4, 0.5) is 0 Å². The van der Waals surface area contributed by atoms with Crippen LogP contribution in [-0.4, -0.2) is 23.9 Å². The van der Waals surface area contributed by atoms with Gasteiger partial charge in [0.05, 0.1) is 5.56 Å². The number of nitrogens with zero attached hydrogens (tertiary/aromatic N) is 1. The fourth-order valence-electron chi connectivity index (χ4n) is 2.44. The molecular weight excluding hydrogens is 310 g/mol. The summed E-state index contributed by atoms with van der Waals surface area (Å²) in [7, 11) is 0. The number of carbonyl (C=O) groups excluding carboxylic acids is 1. The van der Waals surface area contributed by atoms with Gasteiger partial charge >= 0.3 is 0 Å². The Bertz CT molecular complexity index is 473. The predicted octanol–water partition coefficient (Wildman–Crippen LogP) is 4.00. The number of carbonyl (C=O) groups is 1. The van der Waals surface area contributed by atoms with Crippen LogP contribution in [0.25, 0.3) is 0 Å². The fraction of sp³-hybridized carbons (Fsp3) is 0.500. The number of benzene rings is 1. The van der Waals surface area contributed by atoms with Gasteiger partial charge in [0.2, 0.25) is 0 Å². The minimum Gasteiger partial charge on any atom is -0.338 e. The van der Waals surface area contributed by atoms with E-state index in [9.17, 15) is 4.79 Å². The molecule has 1 amide bonds. The van der Waals surface area contributed by atoms with E-state index in [1.54, 1.807) is 0 Å². The summed E-state index contributed by atoms with van der Waals surface area (Å²) in [4.78, 5) is 15.3. The van der Waals surface area contributed by atoms with Gasteiger partial charge in [-0.2, -0.15) is 0 Å². The molecule has 0 aliphatic carbocycles. The highest BCUT2D eigenvalue weighted by Gasteiger charge is 2.30. The summed E-state index contributed by atoms with van der Waals surface area (Å²) in [5.74, 6) is 0.102. The van der Waals surface area contributed by atoms with E-state index in [1.807, 2.05) is 23.1 Å². The largest absolute Gasteiger partial charge is 0.338 e. The third-order valence-corrected chi connectivity index (χ3v) is 4.34. The summed E-state index contributed by atoms with van der Waals surface area (Å²) < 4.78 is 0.841. The molecule has 0 radical (unpaired) electrons. The molecule has 2 nitrogen and oxygen atoms in total. The number of thiol groups is 1. The van der Waals surface area contributed by atoms with Crippen molar-refractivity contribution in [2.45, 2.75) is 31.6 Å². The second kappa shape index (κ2) is 5.25. The maximum Gasteiger partial charge on any atom is 0.255 e. The lowest BCUT2D eigenvalue weighted by Crippen LogP contribution is -2.43. The predicted molar refractivity (Wildman–Crippen MR) is 80.3 cm³/mol. The molecule has 98 valence electrons. The zero-order chi connectivity index (χ0) is 13.3. The minimum atomic E-state index is 0.102. The first-order valence-corrected chi connectivity index (χ1v) is 7.41. The molecule has 2 rings (SSSR count). The van der Waals surface area contributed by atoms with Crippen molar-refractivity contribution in [1.29, 1.82) is 0 Å². The van der Waals surface area contributed by atoms with Crippen LogP contribution in [0.5, 0.6) is 0 Å². The first-order chi connectivity index (χ1) is 8.39. The summed E-state index contributed by atoms with van der Waals surface area (Å²) in [6, 6.07) is 5.59. The summed E-state index contributed by atoms with van der Waals surface area (Å²) in [6.45, 7) is 6.12. The van der Waals surface area contributed by atoms with Crippen molar-refractivity contribution in [3.05, 3.63) is 28.2 Å². The van der Waals surface area contributed by atoms with Crippen molar-refractivity contribution >= 4 is 34.5 Å². The van der Waals surface area contributed by atoms with Crippen molar-refractivity contribution in [2.24, 2.45) is 5.41 Å². The van der Waals surface area contributed by atoms with Crippen molar-refractivity contribution in [2.75, 3.05) is 13.1 Å². The zero-order valence-electron chi connectivity index (χ0n) is 10.7. The van der Waals surface area contributed by atoms with E-state index in [0.717, 1.165) is 28.9 Å². The Hall–Kier alpha value is -0.480.